The fourth-order valence-electron chi connectivity index (χ4n) is 2.85. The molecule has 1 aliphatic heterocycles. The molecule has 2 N–H and O–H groups in total. The van der Waals surface area contributed by atoms with Crippen molar-refractivity contribution < 1.29 is 13.9 Å². The van der Waals surface area contributed by atoms with E-state index in [0.29, 0.717) is 6.10 Å². The fraction of sp³-hybridized carbons (Fsp3) is 0.632. The Bertz CT molecular complexity index is 545. The fourth-order valence-corrected chi connectivity index (χ4v) is 2.85. The summed E-state index contributed by atoms with van der Waals surface area (Å²) in [5.41, 5.74) is 2.13. The van der Waals surface area contributed by atoms with Crippen LogP contribution in [-0.2, 0) is 15.9 Å². The second kappa shape index (κ2) is 11.1. The zero-order chi connectivity index (χ0) is 17.9. The van der Waals surface area contributed by atoms with E-state index < -0.39 is 0 Å². The first-order chi connectivity index (χ1) is 12.2. The van der Waals surface area contributed by atoms with Gasteiger partial charge in [0.25, 0.3) is 0 Å². The Kier molecular flexibility index (Phi) is 8.69. The van der Waals surface area contributed by atoms with Crippen LogP contribution in [0, 0.1) is 12.7 Å². The zero-order valence-corrected chi connectivity index (χ0v) is 15.3. The second-order valence-corrected chi connectivity index (χ2v) is 6.28. The summed E-state index contributed by atoms with van der Waals surface area (Å²) >= 11 is 0. The average molecular weight is 351 g/mol. The highest BCUT2D eigenvalue weighted by Gasteiger charge is 2.13. The van der Waals surface area contributed by atoms with Gasteiger partial charge in [0.15, 0.2) is 5.96 Å². The van der Waals surface area contributed by atoms with Crippen LogP contribution < -0.4 is 10.6 Å². The van der Waals surface area contributed by atoms with Gasteiger partial charge in [-0.05, 0) is 55.9 Å². The molecule has 0 amide bonds. The van der Waals surface area contributed by atoms with E-state index in [1.807, 2.05) is 13.0 Å². The third-order valence-corrected chi connectivity index (χ3v) is 4.35. The topological polar surface area (TPSA) is 54.9 Å². The molecule has 0 bridgehead atoms. The predicted molar refractivity (Wildman–Crippen MR) is 98.6 cm³/mol. The van der Waals surface area contributed by atoms with Crippen LogP contribution in [0.15, 0.2) is 23.2 Å². The molecule has 2 rings (SSSR count). The van der Waals surface area contributed by atoms with Crippen molar-refractivity contribution in [2.45, 2.75) is 38.7 Å². The van der Waals surface area contributed by atoms with Crippen molar-refractivity contribution in [3.05, 3.63) is 35.1 Å². The van der Waals surface area contributed by atoms with Crippen LogP contribution in [0.2, 0.25) is 0 Å². The molecule has 0 aromatic heterocycles. The molecule has 0 spiro atoms. The second-order valence-electron chi connectivity index (χ2n) is 6.28. The Hall–Kier alpha value is -1.66. The van der Waals surface area contributed by atoms with Crippen LogP contribution in [0.4, 0.5) is 4.39 Å². The van der Waals surface area contributed by atoms with Gasteiger partial charge in [0.1, 0.15) is 5.82 Å². The minimum atomic E-state index is -0.186. The number of nitrogens with zero attached hydrogens (tertiary/aromatic N) is 1. The number of hydrogen-bond acceptors (Lipinski definition) is 3. The van der Waals surface area contributed by atoms with E-state index in [1.54, 1.807) is 13.1 Å². The Morgan fingerprint density at radius 3 is 2.76 bits per heavy atom. The summed E-state index contributed by atoms with van der Waals surface area (Å²) in [6, 6.07) is 4.92. The van der Waals surface area contributed by atoms with E-state index in [0.717, 1.165) is 75.7 Å². The molecule has 6 heteroatoms. The summed E-state index contributed by atoms with van der Waals surface area (Å²) in [7, 11) is 1.76. The third kappa shape index (κ3) is 7.40. The number of ether oxygens (including phenoxy) is 2. The number of rotatable bonds is 8. The molecule has 1 saturated heterocycles. The largest absolute Gasteiger partial charge is 0.381 e. The monoisotopic (exact) mass is 351 g/mol. The van der Waals surface area contributed by atoms with Crippen molar-refractivity contribution in [3.63, 3.8) is 0 Å². The summed E-state index contributed by atoms with van der Waals surface area (Å²) < 4.78 is 24.3. The van der Waals surface area contributed by atoms with Crippen molar-refractivity contribution in [2.24, 2.45) is 4.99 Å². The average Bonchev–Trinajstić information content (AvgIpc) is 2.62. The maximum Gasteiger partial charge on any atom is 0.190 e. The molecule has 0 aliphatic carbocycles. The third-order valence-electron chi connectivity index (χ3n) is 4.35. The summed E-state index contributed by atoms with van der Waals surface area (Å²) in [6.45, 7) is 5.89. The minimum absolute atomic E-state index is 0.186. The van der Waals surface area contributed by atoms with E-state index in [9.17, 15) is 4.39 Å². The molecular weight excluding hydrogens is 321 g/mol. The summed E-state index contributed by atoms with van der Waals surface area (Å²) in [4.78, 5) is 4.22. The highest BCUT2D eigenvalue weighted by Crippen LogP contribution is 2.11. The SMILES string of the molecule is CN=C(NCCCOC1CCOCC1)NCCc1ccc(F)cc1C. The number of benzene rings is 1. The van der Waals surface area contributed by atoms with Gasteiger partial charge in [-0.15, -0.1) is 0 Å². The Morgan fingerprint density at radius 2 is 2.04 bits per heavy atom. The number of aliphatic imine (C=N–C) groups is 1. The van der Waals surface area contributed by atoms with Gasteiger partial charge in [-0.25, -0.2) is 4.39 Å². The Balaban J connectivity index is 1.57. The van der Waals surface area contributed by atoms with Crippen molar-refractivity contribution in [1.29, 1.82) is 0 Å². The van der Waals surface area contributed by atoms with E-state index in [1.165, 1.54) is 6.07 Å². The van der Waals surface area contributed by atoms with Gasteiger partial charge in [-0.1, -0.05) is 6.07 Å². The molecule has 0 saturated carbocycles. The normalized spacial score (nSPS) is 16.0. The maximum absolute atomic E-state index is 13.1. The molecule has 1 aromatic rings. The summed E-state index contributed by atoms with van der Waals surface area (Å²) in [6.07, 6.45) is 4.12. The lowest BCUT2D eigenvalue weighted by Gasteiger charge is -2.22. The molecule has 0 unspecified atom stereocenters. The number of guanidine groups is 1. The van der Waals surface area contributed by atoms with Crippen LogP contribution in [-0.4, -0.2) is 52.0 Å². The zero-order valence-electron chi connectivity index (χ0n) is 15.3. The van der Waals surface area contributed by atoms with Gasteiger partial charge in [0, 0.05) is 40.0 Å². The molecule has 0 atom stereocenters. The molecule has 1 heterocycles. The minimum Gasteiger partial charge on any atom is -0.381 e. The van der Waals surface area contributed by atoms with Gasteiger partial charge < -0.3 is 20.1 Å². The van der Waals surface area contributed by atoms with Crippen molar-refractivity contribution in [2.75, 3.05) is 40.0 Å². The van der Waals surface area contributed by atoms with Gasteiger partial charge in [-0.3, -0.25) is 4.99 Å². The lowest BCUT2D eigenvalue weighted by Crippen LogP contribution is -2.39. The smallest absolute Gasteiger partial charge is 0.190 e. The van der Waals surface area contributed by atoms with Crippen LogP contribution in [0.25, 0.3) is 0 Å². The number of nitrogens with one attached hydrogen (secondary N) is 2. The van der Waals surface area contributed by atoms with Crippen LogP contribution in [0.3, 0.4) is 0 Å². The van der Waals surface area contributed by atoms with E-state index in [4.69, 9.17) is 9.47 Å². The lowest BCUT2D eigenvalue weighted by atomic mass is 10.1. The van der Waals surface area contributed by atoms with E-state index in [2.05, 4.69) is 15.6 Å². The maximum atomic E-state index is 13.1. The molecule has 1 aliphatic rings. The number of aryl methyl sites for hydroxylation is 1. The molecule has 0 radical (unpaired) electrons. The Labute approximate surface area is 150 Å². The summed E-state index contributed by atoms with van der Waals surface area (Å²) in [5, 5.41) is 6.58. The lowest BCUT2D eigenvalue weighted by molar-refractivity contribution is -0.0320. The number of halogens is 1. The molecule has 1 aromatic carbocycles. The van der Waals surface area contributed by atoms with Crippen molar-refractivity contribution in [3.8, 4) is 0 Å². The van der Waals surface area contributed by atoms with Gasteiger partial charge >= 0.3 is 0 Å². The molecule has 25 heavy (non-hydrogen) atoms. The predicted octanol–water partition coefficient (Wildman–Crippen LogP) is 2.43. The highest BCUT2D eigenvalue weighted by molar-refractivity contribution is 5.79. The Morgan fingerprint density at radius 1 is 1.28 bits per heavy atom. The van der Waals surface area contributed by atoms with Crippen LogP contribution >= 0.6 is 0 Å². The highest BCUT2D eigenvalue weighted by atomic mass is 19.1. The van der Waals surface area contributed by atoms with Crippen LogP contribution in [0.1, 0.15) is 30.4 Å². The van der Waals surface area contributed by atoms with E-state index in [-0.39, 0.29) is 5.82 Å². The van der Waals surface area contributed by atoms with Gasteiger partial charge in [0.2, 0.25) is 0 Å². The van der Waals surface area contributed by atoms with Crippen molar-refractivity contribution in [1.82, 2.24) is 10.6 Å². The van der Waals surface area contributed by atoms with Crippen molar-refractivity contribution >= 4 is 5.96 Å². The summed E-state index contributed by atoms with van der Waals surface area (Å²) in [5.74, 6) is 0.598. The first kappa shape index (κ1) is 19.7. The van der Waals surface area contributed by atoms with E-state index >= 15 is 0 Å². The number of hydrogen-bond donors (Lipinski definition) is 2. The standard InChI is InChI=1S/C19H30FN3O2/c1-15-14-17(20)5-4-16(15)6-10-23-19(21-2)22-9-3-11-25-18-7-12-24-13-8-18/h4-5,14,18H,3,6-13H2,1-2H3,(H2,21,22,23). The molecule has 140 valence electrons. The molecule has 1 fully saturated rings. The first-order valence-corrected chi connectivity index (χ1v) is 9.08. The first-order valence-electron chi connectivity index (χ1n) is 9.08. The van der Waals surface area contributed by atoms with Gasteiger partial charge in [-0.2, -0.15) is 0 Å². The van der Waals surface area contributed by atoms with Crippen LogP contribution in [0.5, 0.6) is 0 Å². The quantitative estimate of drug-likeness (QED) is 0.429. The molecule has 5 nitrogen and oxygen atoms in total. The van der Waals surface area contributed by atoms with Gasteiger partial charge in [0.05, 0.1) is 6.10 Å². The molecular formula is C19H30FN3O2.